The van der Waals surface area contributed by atoms with Gasteiger partial charge in [0.1, 0.15) is 11.5 Å². The average molecular weight is 489 g/mol. The topological polar surface area (TPSA) is 52.6 Å². The number of hydrogen-bond acceptors (Lipinski definition) is 4. The fourth-order valence-corrected chi connectivity index (χ4v) is 5.03. The average Bonchev–Trinajstić information content (AvgIpc) is 3.18. The number of fused-ring (bicyclic) bond motifs is 2. The van der Waals surface area contributed by atoms with Crippen LogP contribution in [0.1, 0.15) is 110 Å². The minimum absolute atomic E-state index is 0.144. The summed E-state index contributed by atoms with van der Waals surface area (Å²) in [7, 11) is 0. The van der Waals surface area contributed by atoms with Crippen molar-refractivity contribution in [2.24, 2.45) is 5.92 Å². The first kappa shape index (κ1) is 26.2. The first-order valence-electron chi connectivity index (χ1n) is 13.0. The van der Waals surface area contributed by atoms with Gasteiger partial charge in [0.05, 0.1) is 11.1 Å². The first-order valence-corrected chi connectivity index (χ1v) is 13.0. The number of carbonyl (C=O) groups is 2. The number of rotatable bonds is 2. The van der Waals surface area contributed by atoms with Gasteiger partial charge in [-0.25, -0.2) is 9.59 Å². The Balaban J connectivity index is 2.08. The van der Waals surface area contributed by atoms with Crippen LogP contribution in [0.5, 0.6) is 11.5 Å². The fourth-order valence-electron chi connectivity index (χ4n) is 5.03. The van der Waals surface area contributed by atoms with Crippen LogP contribution in [0.2, 0.25) is 0 Å². The van der Waals surface area contributed by atoms with Crippen LogP contribution in [0.3, 0.4) is 0 Å². The van der Waals surface area contributed by atoms with Gasteiger partial charge in [-0.05, 0) is 51.8 Å². The van der Waals surface area contributed by atoms with Gasteiger partial charge in [0.25, 0.3) is 0 Å². The Hall–Kier alpha value is -2.88. The Morgan fingerprint density at radius 2 is 1.08 bits per heavy atom. The second kappa shape index (κ2) is 8.33. The van der Waals surface area contributed by atoms with E-state index in [1.807, 2.05) is 12.1 Å². The van der Waals surface area contributed by atoms with Crippen molar-refractivity contribution in [2.45, 2.75) is 98.8 Å². The van der Waals surface area contributed by atoms with Gasteiger partial charge in [-0.3, -0.25) is 0 Å². The second-order valence-electron chi connectivity index (χ2n) is 13.8. The van der Waals surface area contributed by atoms with Gasteiger partial charge < -0.3 is 9.47 Å². The van der Waals surface area contributed by atoms with E-state index in [4.69, 9.17) is 9.47 Å². The van der Waals surface area contributed by atoms with Crippen LogP contribution in [0.25, 0.3) is 11.1 Å². The predicted molar refractivity (Wildman–Crippen MR) is 146 cm³/mol. The smallest absolute Gasteiger partial charge is 0.345 e. The Morgan fingerprint density at radius 1 is 0.639 bits per heavy atom. The fraction of sp³-hybridized carbons (Fsp3) is 0.500. The number of ether oxygens (including phenoxy) is 2. The van der Waals surface area contributed by atoms with Crippen LogP contribution in [0.4, 0.5) is 0 Å². The van der Waals surface area contributed by atoms with Crippen molar-refractivity contribution in [1.82, 2.24) is 0 Å². The lowest BCUT2D eigenvalue weighted by atomic mass is 9.78. The summed E-state index contributed by atoms with van der Waals surface area (Å²) in [5, 5.41) is 0. The largest absolute Gasteiger partial charge is 0.422 e. The van der Waals surface area contributed by atoms with Gasteiger partial charge in [0.2, 0.25) is 0 Å². The van der Waals surface area contributed by atoms with E-state index in [-0.39, 0.29) is 16.2 Å². The quantitative estimate of drug-likeness (QED) is 0.249. The van der Waals surface area contributed by atoms with E-state index in [1.54, 1.807) is 0 Å². The zero-order valence-corrected chi connectivity index (χ0v) is 23.7. The molecule has 0 spiro atoms. The maximum atomic E-state index is 13.5. The molecule has 0 bridgehead atoms. The lowest BCUT2D eigenvalue weighted by Gasteiger charge is -2.26. The molecule has 2 aromatic carbocycles. The summed E-state index contributed by atoms with van der Waals surface area (Å²) in [6.07, 6.45) is 0.872. The van der Waals surface area contributed by atoms with E-state index in [1.165, 1.54) is 0 Å². The number of hydrogen-bond donors (Lipinski definition) is 0. The Bertz CT molecular complexity index is 1300. The Kier molecular flexibility index (Phi) is 6.06. The second-order valence-corrected chi connectivity index (χ2v) is 13.8. The van der Waals surface area contributed by atoms with Crippen molar-refractivity contribution in [3.8, 4) is 11.5 Å². The Morgan fingerprint density at radius 3 is 1.50 bits per heavy atom. The van der Waals surface area contributed by atoms with Gasteiger partial charge in [-0.2, -0.15) is 0 Å². The van der Waals surface area contributed by atoms with E-state index in [2.05, 4.69) is 88.3 Å². The SMILES string of the molecule is CC(C)Cc1cc2c(c(C(C)(C)C)c1)OC(=O)/C2=C1/C(=O)Oc2c1cc(C(C)(C)C)cc2C(C)(C)C. The van der Waals surface area contributed by atoms with Gasteiger partial charge >= 0.3 is 11.9 Å². The highest BCUT2D eigenvalue weighted by molar-refractivity contribution is 6.41. The molecule has 0 radical (unpaired) electrons. The summed E-state index contributed by atoms with van der Waals surface area (Å²) in [6, 6.07) is 8.34. The van der Waals surface area contributed by atoms with Crippen molar-refractivity contribution in [1.29, 1.82) is 0 Å². The van der Waals surface area contributed by atoms with E-state index in [0.29, 0.717) is 39.7 Å². The summed E-state index contributed by atoms with van der Waals surface area (Å²) >= 11 is 0. The molecule has 0 saturated carbocycles. The van der Waals surface area contributed by atoms with Crippen LogP contribution < -0.4 is 9.47 Å². The first-order chi connectivity index (χ1) is 16.4. The zero-order valence-electron chi connectivity index (χ0n) is 23.7. The monoisotopic (exact) mass is 488 g/mol. The molecular formula is C32H40O4. The van der Waals surface area contributed by atoms with E-state index in [0.717, 1.165) is 28.7 Å². The highest BCUT2D eigenvalue weighted by atomic mass is 16.5. The van der Waals surface area contributed by atoms with Crippen LogP contribution in [0, 0.1) is 5.92 Å². The molecule has 0 fully saturated rings. The molecule has 0 atom stereocenters. The Labute approximate surface area is 216 Å². The third-order valence-corrected chi connectivity index (χ3v) is 6.95. The predicted octanol–water partition coefficient (Wildman–Crippen LogP) is 7.53. The molecule has 2 aliphatic heterocycles. The number of esters is 2. The third-order valence-electron chi connectivity index (χ3n) is 6.95. The molecule has 0 aromatic heterocycles. The molecule has 4 rings (SSSR count). The van der Waals surface area contributed by atoms with Gasteiger partial charge in [-0.1, -0.05) is 88.3 Å². The summed E-state index contributed by atoms with van der Waals surface area (Å²) in [5.41, 5.74) is 5.55. The third kappa shape index (κ3) is 4.51. The van der Waals surface area contributed by atoms with Gasteiger partial charge in [0.15, 0.2) is 0 Å². The molecule has 0 saturated heterocycles. The maximum Gasteiger partial charge on any atom is 0.345 e. The van der Waals surface area contributed by atoms with Crippen LogP contribution in [-0.2, 0) is 32.3 Å². The molecule has 2 heterocycles. The van der Waals surface area contributed by atoms with Crippen LogP contribution in [-0.4, -0.2) is 11.9 Å². The summed E-state index contributed by atoms with van der Waals surface area (Å²) < 4.78 is 11.8. The standard InChI is InChI=1S/C32H40O4/c1-17(2)12-18-13-20-24(28(33)35-26(20)22(14-18)31(6,7)8)25-21-15-19(30(3,4)5)16-23(32(9,10)11)27(21)36-29(25)34/h13-17H,12H2,1-11H3/b25-24+. The van der Waals surface area contributed by atoms with Crippen molar-refractivity contribution in [3.63, 3.8) is 0 Å². The molecule has 4 heteroatoms. The lowest BCUT2D eigenvalue weighted by molar-refractivity contribution is -0.129. The molecule has 0 aliphatic carbocycles. The molecule has 192 valence electrons. The van der Waals surface area contributed by atoms with E-state index in [9.17, 15) is 9.59 Å². The van der Waals surface area contributed by atoms with Crippen LogP contribution in [0.15, 0.2) is 24.3 Å². The highest BCUT2D eigenvalue weighted by Gasteiger charge is 2.43. The molecule has 0 N–H and O–H groups in total. The van der Waals surface area contributed by atoms with Crippen LogP contribution >= 0.6 is 0 Å². The molecule has 2 aliphatic rings. The van der Waals surface area contributed by atoms with E-state index < -0.39 is 11.9 Å². The minimum Gasteiger partial charge on any atom is -0.422 e. The highest BCUT2D eigenvalue weighted by Crippen LogP contribution is 2.51. The summed E-state index contributed by atoms with van der Waals surface area (Å²) in [5.74, 6) is 0.583. The normalized spacial score (nSPS) is 17.9. The molecule has 0 unspecified atom stereocenters. The number of benzene rings is 2. The minimum atomic E-state index is -0.493. The summed E-state index contributed by atoms with van der Waals surface area (Å²) in [6.45, 7) is 23.5. The summed E-state index contributed by atoms with van der Waals surface area (Å²) in [4.78, 5) is 26.9. The molecule has 36 heavy (non-hydrogen) atoms. The molecular weight excluding hydrogens is 448 g/mol. The van der Waals surface area contributed by atoms with Crippen molar-refractivity contribution in [2.75, 3.05) is 0 Å². The lowest BCUT2D eigenvalue weighted by Crippen LogP contribution is -2.17. The van der Waals surface area contributed by atoms with Crippen molar-refractivity contribution >= 4 is 23.1 Å². The molecule has 4 nitrogen and oxygen atoms in total. The van der Waals surface area contributed by atoms with Crippen molar-refractivity contribution < 1.29 is 19.1 Å². The molecule has 0 amide bonds. The number of carbonyl (C=O) groups excluding carboxylic acids is 2. The zero-order chi connectivity index (χ0) is 27.0. The van der Waals surface area contributed by atoms with E-state index >= 15 is 0 Å². The molecule has 2 aromatic rings. The van der Waals surface area contributed by atoms with Gasteiger partial charge in [0, 0.05) is 22.3 Å². The van der Waals surface area contributed by atoms with Gasteiger partial charge in [-0.15, -0.1) is 0 Å². The van der Waals surface area contributed by atoms with Crippen molar-refractivity contribution in [3.05, 3.63) is 57.6 Å². The maximum absolute atomic E-state index is 13.5.